The number of hydrazone groups is 2. The molecule has 9 nitrogen and oxygen atoms in total. The second-order valence-corrected chi connectivity index (χ2v) is 3.82. The van der Waals surface area contributed by atoms with E-state index >= 15 is 0 Å². The number of aliphatic hydroxyl groups is 3. The van der Waals surface area contributed by atoms with Crippen LogP contribution in [0.1, 0.15) is 0 Å². The molecule has 0 aromatic carbocycles. The molecule has 0 fully saturated rings. The van der Waals surface area contributed by atoms with Crippen LogP contribution >= 0.6 is 24.4 Å². The fraction of sp³-hybridized carbons (Fsp3) is 0.429. The number of nitrogens with two attached hydrogens (primary N) is 2. The Bertz CT molecular complexity index is 367. The molecule has 2 atom stereocenters. The maximum Gasteiger partial charge on any atom is 0.184 e. The van der Waals surface area contributed by atoms with Crippen LogP contribution < -0.4 is 22.3 Å². The summed E-state index contributed by atoms with van der Waals surface area (Å²) in [6, 6.07) is 0. The molecule has 0 saturated heterocycles. The molecule has 9 N–H and O–H groups in total. The zero-order valence-electron chi connectivity index (χ0n) is 9.46. The summed E-state index contributed by atoms with van der Waals surface area (Å²) in [6.45, 7) is -0.663. The average molecular weight is 353 g/mol. The van der Waals surface area contributed by atoms with Crippen LogP contribution in [-0.2, 0) is 16.5 Å². The van der Waals surface area contributed by atoms with Crippen LogP contribution in [-0.4, -0.2) is 56.3 Å². The Labute approximate surface area is 130 Å². The molecule has 112 valence electrons. The molecule has 12 heteroatoms. The van der Waals surface area contributed by atoms with Gasteiger partial charge in [-0.1, -0.05) is 0 Å². The van der Waals surface area contributed by atoms with E-state index in [2.05, 4.69) is 45.5 Å². The summed E-state index contributed by atoms with van der Waals surface area (Å²) in [5, 5.41) is 34.5. The number of rotatable bonds is 6. The van der Waals surface area contributed by atoms with Crippen molar-refractivity contribution < 1.29 is 31.8 Å². The van der Waals surface area contributed by atoms with E-state index in [1.54, 1.807) is 0 Å². The fourth-order valence-electron chi connectivity index (χ4n) is 0.750. The van der Waals surface area contributed by atoms with Gasteiger partial charge in [0.15, 0.2) is 10.2 Å². The van der Waals surface area contributed by atoms with E-state index in [4.69, 9.17) is 16.6 Å². The SMILES string of the molecule is NC(=S)NN=CC(=NNC(N)=S)C(O)C(O)CO.[Ni]. The number of hydrogen-bond donors (Lipinski definition) is 7. The van der Waals surface area contributed by atoms with E-state index < -0.39 is 18.8 Å². The maximum atomic E-state index is 9.61. The Kier molecular flexibility index (Phi) is 11.8. The van der Waals surface area contributed by atoms with Gasteiger partial charge in [-0.25, -0.2) is 0 Å². The number of nitrogens with zero attached hydrogens (tertiary/aromatic N) is 2. The van der Waals surface area contributed by atoms with Crippen molar-refractivity contribution in [2.45, 2.75) is 12.2 Å². The Hall–Kier alpha value is -0.906. The van der Waals surface area contributed by atoms with Gasteiger partial charge in [-0.2, -0.15) is 10.2 Å². The molecule has 0 aromatic heterocycles. The monoisotopic (exact) mass is 352 g/mol. The Balaban J connectivity index is 0. The molecule has 0 bridgehead atoms. The van der Waals surface area contributed by atoms with E-state index in [1.807, 2.05) is 0 Å². The molecule has 2 unspecified atom stereocenters. The van der Waals surface area contributed by atoms with Gasteiger partial charge in [-0.15, -0.1) is 0 Å². The van der Waals surface area contributed by atoms with Crippen molar-refractivity contribution in [1.29, 1.82) is 0 Å². The van der Waals surface area contributed by atoms with Gasteiger partial charge in [0.2, 0.25) is 0 Å². The van der Waals surface area contributed by atoms with Crippen molar-refractivity contribution in [3.05, 3.63) is 0 Å². The third-order valence-corrected chi connectivity index (χ3v) is 1.70. The van der Waals surface area contributed by atoms with Crippen LogP contribution in [0.5, 0.6) is 0 Å². The molecule has 19 heavy (non-hydrogen) atoms. The summed E-state index contributed by atoms with van der Waals surface area (Å²) in [4.78, 5) is 0. The Morgan fingerprint density at radius 2 is 1.74 bits per heavy atom. The van der Waals surface area contributed by atoms with Crippen molar-refractivity contribution in [2.24, 2.45) is 21.7 Å². The van der Waals surface area contributed by atoms with Crippen molar-refractivity contribution in [3.63, 3.8) is 0 Å². The number of aliphatic hydroxyl groups excluding tert-OH is 3. The minimum atomic E-state index is -1.49. The first-order valence-electron chi connectivity index (χ1n) is 4.57. The van der Waals surface area contributed by atoms with Crippen LogP contribution in [0.25, 0.3) is 0 Å². The summed E-state index contributed by atoms with van der Waals surface area (Å²) >= 11 is 9.01. The van der Waals surface area contributed by atoms with E-state index in [-0.39, 0.29) is 32.4 Å². The Morgan fingerprint density at radius 3 is 2.16 bits per heavy atom. The van der Waals surface area contributed by atoms with Gasteiger partial charge in [0.25, 0.3) is 0 Å². The molecule has 0 aromatic rings. The third-order valence-electron chi connectivity index (χ3n) is 1.52. The summed E-state index contributed by atoms with van der Waals surface area (Å²) in [5.41, 5.74) is 14.6. The molecule has 0 aliphatic carbocycles. The average Bonchev–Trinajstić information content (AvgIpc) is 2.30. The van der Waals surface area contributed by atoms with Crippen molar-refractivity contribution >= 4 is 46.6 Å². The van der Waals surface area contributed by atoms with E-state index in [9.17, 15) is 10.2 Å². The molecule has 0 amide bonds. The first-order chi connectivity index (χ1) is 8.38. The van der Waals surface area contributed by atoms with Crippen molar-refractivity contribution in [1.82, 2.24) is 10.9 Å². The first kappa shape index (κ1) is 20.4. The van der Waals surface area contributed by atoms with Crippen LogP contribution in [0.2, 0.25) is 0 Å². The van der Waals surface area contributed by atoms with Crippen LogP contribution in [0.3, 0.4) is 0 Å². The van der Waals surface area contributed by atoms with E-state index in [1.165, 1.54) is 0 Å². The van der Waals surface area contributed by atoms with Gasteiger partial charge < -0.3 is 26.8 Å². The molecule has 0 radical (unpaired) electrons. The summed E-state index contributed by atoms with van der Waals surface area (Å²) in [7, 11) is 0. The second-order valence-electron chi connectivity index (χ2n) is 2.94. The second kappa shape index (κ2) is 11.0. The quantitative estimate of drug-likeness (QED) is 0.112. The molecule has 0 saturated carbocycles. The molecule has 0 heterocycles. The van der Waals surface area contributed by atoms with Crippen molar-refractivity contribution in [3.8, 4) is 0 Å². The fourth-order valence-corrected chi connectivity index (χ4v) is 0.848. The topological polar surface area (TPSA) is 162 Å². The van der Waals surface area contributed by atoms with Gasteiger partial charge in [-0.05, 0) is 24.4 Å². The normalized spacial score (nSPS) is 14.4. The summed E-state index contributed by atoms with van der Waals surface area (Å²) in [5.74, 6) is 0. The smallest absolute Gasteiger partial charge is 0.184 e. The third kappa shape index (κ3) is 9.64. The standard InChI is InChI=1S/C7H14N6O3S2.Ni/c8-6(17)12-10-1-3(11-13-7(9)18)5(16)4(15)2-14;/h1,4-5,14-16H,2H2,(H3,8,12,17)(H3,9,13,18);. The zero-order chi connectivity index (χ0) is 14.1. The van der Waals surface area contributed by atoms with Gasteiger partial charge >= 0.3 is 0 Å². The molecule has 0 aliphatic heterocycles. The van der Waals surface area contributed by atoms with Crippen LogP contribution in [0.15, 0.2) is 10.2 Å². The number of thiocarbonyl (C=S) groups is 2. The number of nitrogens with one attached hydrogen (secondary N) is 2. The summed E-state index contributed by atoms with van der Waals surface area (Å²) in [6.07, 6.45) is -1.89. The minimum absolute atomic E-state index is 0. The van der Waals surface area contributed by atoms with E-state index in [0.29, 0.717) is 0 Å². The maximum absolute atomic E-state index is 9.61. The summed E-state index contributed by atoms with van der Waals surface area (Å²) < 4.78 is 0. The molecule has 0 rings (SSSR count). The zero-order valence-corrected chi connectivity index (χ0v) is 12.1. The Morgan fingerprint density at radius 1 is 1.21 bits per heavy atom. The van der Waals surface area contributed by atoms with E-state index in [0.717, 1.165) is 6.21 Å². The number of hydrogen-bond acceptors (Lipinski definition) is 7. The van der Waals surface area contributed by atoms with Crippen molar-refractivity contribution in [2.75, 3.05) is 6.61 Å². The van der Waals surface area contributed by atoms with Gasteiger partial charge in [0.05, 0.1) is 12.8 Å². The predicted molar refractivity (Wildman–Crippen MR) is 74.9 cm³/mol. The predicted octanol–water partition coefficient (Wildman–Crippen LogP) is -3.29. The van der Waals surface area contributed by atoms with Gasteiger partial charge in [-0.3, -0.25) is 10.9 Å². The minimum Gasteiger partial charge on any atom is -0.394 e. The van der Waals surface area contributed by atoms with Crippen LogP contribution in [0.4, 0.5) is 0 Å². The van der Waals surface area contributed by atoms with Gasteiger partial charge in [0, 0.05) is 16.5 Å². The largest absolute Gasteiger partial charge is 0.394 e. The van der Waals surface area contributed by atoms with Gasteiger partial charge in [0.1, 0.15) is 17.9 Å². The molecule has 0 spiro atoms. The molecular weight excluding hydrogens is 339 g/mol. The molecule has 0 aliphatic rings. The first-order valence-corrected chi connectivity index (χ1v) is 5.38. The van der Waals surface area contributed by atoms with Crippen LogP contribution in [0, 0.1) is 0 Å². The molecular formula is C7H14N6NiO3S2.